The quantitative estimate of drug-likeness (QED) is 0.854. The van der Waals surface area contributed by atoms with Crippen LogP contribution in [0.1, 0.15) is 40.4 Å². The SMILES string of the molecule is CN(C)c1ccc(C(=O)NC(c2ccc3c(c2)CCO3)C2CC(O)C2)cc1. The Kier molecular flexibility index (Phi) is 4.79. The van der Waals surface area contributed by atoms with Gasteiger partial charge in [0.1, 0.15) is 5.75 Å². The lowest BCUT2D eigenvalue weighted by molar-refractivity contribution is 0.0235. The number of amides is 1. The number of carbonyl (C=O) groups excluding carboxylic acids is 1. The van der Waals surface area contributed by atoms with Gasteiger partial charge in [0.2, 0.25) is 0 Å². The topological polar surface area (TPSA) is 61.8 Å². The van der Waals surface area contributed by atoms with Crippen molar-refractivity contribution in [2.75, 3.05) is 25.6 Å². The molecule has 0 radical (unpaired) electrons. The van der Waals surface area contributed by atoms with Gasteiger partial charge in [-0.2, -0.15) is 0 Å². The van der Waals surface area contributed by atoms with Crippen molar-refractivity contribution in [2.24, 2.45) is 5.92 Å². The molecular formula is C22H26N2O3. The number of anilines is 1. The summed E-state index contributed by atoms with van der Waals surface area (Å²) in [6.45, 7) is 0.718. The molecule has 0 aromatic heterocycles. The first kappa shape index (κ1) is 17.9. The number of fused-ring (bicyclic) bond motifs is 1. The van der Waals surface area contributed by atoms with E-state index in [4.69, 9.17) is 4.74 Å². The van der Waals surface area contributed by atoms with Gasteiger partial charge in [0.25, 0.3) is 5.91 Å². The molecule has 4 rings (SSSR count). The number of nitrogens with zero attached hydrogens (tertiary/aromatic N) is 1. The van der Waals surface area contributed by atoms with Crippen LogP contribution in [0.15, 0.2) is 42.5 Å². The summed E-state index contributed by atoms with van der Waals surface area (Å²) in [4.78, 5) is 14.9. The van der Waals surface area contributed by atoms with E-state index in [0.717, 1.165) is 42.9 Å². The Labute approximate surface area is 160 Å². The molecule has 2 N–H and O–H groups in total. The zero-order valence-electron chi connectivity index (χ0n) is 15.8. The van der Waals surface area contributed by atoms with Crippen LogP contribution < -0.4 is 15.0 Å². The molecule has 0 saturated heterocycles. The highest BCUT2D eigenvalue weighted by Crippen LogP contribution is 2.40. The predicted octanol–water partition coefficient (Wildman–Crippen LogP) is 2.93. The van der Waals surface area contributed by atoms with Crippen molar-refractivity contribution in [2.45, 2.75) is 31.4 Å². The number of ether oxygens (including phenoxy) is 1. The minimum absolute atomic E-state index is 0.0801. The summed E-state index contributed by atoms with van der Waals surface area (Å²) in [7, 11) is 3.95. The Morgan fingerprint density at radius 1 is 1.19 bits per heavy atom. The standard InChI is InChI=1S/C22H26N2O3/c1-24(2)18-6-3-14(4-7-18)22(26)23-21(17-12-19(25)13-17)16-5-8-20-15(11-16)9-10-27-20/h3-8,11,17,19,21,25H,9-10,12-13H2,1-2H3,(H,23,26). The van der Waals surface area contributed by atoms with Crippen LogP contribution in [0.3, 0.4) is 0 Å². The Balaban J connectivity index is 1.55. The van der Waals surface area contributed by atoms with E-state index >= 15 is 0 Å². The number of nitrogens with one attached hydrogen (secondary N) is 1. The number of hydrogen-bond acceptors (Lipinski definition) is 4. The summed E-state index contributed by atoms with van der Waals surface area (Å²) < 4.78 is 5.60. The molecule has 142 valence electrons. The zero-order valence-corrected chi connectivity index (χ0v) is 15.8. The minimum atomic E-state index is -0.258. The highest BCUT2D eigenvalue weighted by Gasteiger charge is 2.36. The van der Waals surface area contributed by atoms with Crippen LogP contribution in [0.25, 0.3) is 0 Å². The Hall–Kier alpha value is -2.53. The Bertz CT molecular complexity index is 826. The molecule has 2 aromatic carbocycles. The van der Waals surface area contributed by atoms with E-state index in [2.05, 4.69) is 11.4 Å². The summed E-state index contributed by atoms with van der Waals surface area (Å²) in [5.74, 6) is 1.12. The number of carbonyl (C=O) groups is 1. The van der Waals surface area contributed by atoms with Crippen LogP contribution in [-0.4, -0.2) is 37.8 Å². The first-order valence-corrected chi connectivity index (χ1v) is 9.53. The van der Waals surface area contributed by atoms with Crippen LogP contribution in [0, 0.1) is 5.92 Å². The maximum absolute atomic E-state index is 12.9. The molecule has 0 spiro atoms. The van der Waals surface area contributed by atoms with Gasteiger partial charge < -0.3 is 20.1 Å². The molecule has 27 heavy (non-hydrogen) atoms. The molecule has 1 saturated carbocycles. The van der Waals surface area contributed by atoms with E-state index < -0.39 is 0 Å². The molecule has 1 heterocycles. The maximum atomic E-state index is 12.9. The fourth-order valence-corrected chi connectivity index (χ4v) is 3.91. The van der Waals surface area contributed by atoms with Gasteiger partial charge in [-0.1, -0.05) is 6.07 Å². The third-order valence-electron chi connectivity index (χ3n) is 5.63. The van der Waals surface area contributed by atoms with Gasteiger partial charge in [-0.05, 0) is 66.3 Å². The van der Waals surface area contributed by atoms with Gasteiger partial charge in [0.15, 0.2) is 0 Å². The van der Waals surface area contributed by atoms with Crippen molar-refractivity contribution in [3.63, 3.8) is 0 Å². The summed E-state index contributed by atoms with van der Waals surface area (Å²) in [5.41, 5.74) is 4.00. The highest BCUT2D eigenvalue weighted by atomic mass is 16.5. The van der Waals surface area contributed by atoms with E-state index in [1.165, 1.54) is 5.56 Å². The molecule has 1 aliphatic heterocycles. The van der Waals surface area contributed by atoms with Gasteiger partial charge >= 0.3 is 0 Å². The molecule has 2 aromatic rings. The molecule has 5 nitrogen and oxygen atoms in total. The summed E-state index contributed by atoms with van der Waals surface area (Å²) in [5, 5.41) is 13.0. The van der Waals surface area contributed by atoms with E-state index in [0.29, 0.717) is 5.56 Å². The van der Waals surface area contributed by atoms with Crippen molar-refractivity contribution in [1.29, 1.82) is 0 Å². The zero-order chi connectivity index (χ0) is 19.0. The second-order valence-electron chi connectivity index (χ2n) is 7.74. The molecular weight excluding hydrogens is 340 g/mol. The number of hydrogen-bond donors (Lipinski definition) is 2. The number of aliphatic hydroxyl groups excluding tert-OH is 1. The van der Waals surface area contributed by atoms with Gasteiger partial charge in [-0.3, -0.25) is 4.79 Å². The fraction of sp³-hybridized carbons (Fsp3) is 0.409. The third kappa shape index (κ3) is 3.65. The average molecular weight is 366 g/mol. The molecule has 1 aliphatic carbocycles. The molecule has 1 atom stereocenters. The van der Waals surface area contributed by atoms with Crippen molar-refractivity contribution >= 4 is 11.6 Å². The number of rotatable bonds is 5. The van der Waals surface area contributed by atoms with Crippen molar-refractivity contribution in [3.05, 3.63) is 59.2 Å². The molecule has 0 bridgehead atoms. The van der Waals surface area contributed by atoms with Crippen molar-refractivity contribution in [3.8, 4) is 5.75 Å². The molecule has 5 heteroatoms. The second-order valence-corrected chi connectivity index (χ2v) is 7.74. The van der Waals surface area contributed by atoms with E-state index in [1.807, 2.05) is 55.4 Å². The number of aliphatic hydroxyl groups is 1. The van der Waals surface area contributed by atoms with Crippen molar-refractivity contribution in [1.82, 2.24) is 5.32 Å². The molecule has 1 fully saturated rings. The second kappa shape index (κ2) is 7.24. The van der Waals surface area contributed by atoms with E-state index in [-0.39, 0.29) is 24.0 Å². The summed E-state index contributed by atoms with van der Waals surface area (Å²) >= 11 is 0. The first-order chi connectivity index (χ1) is 13.0. The number of benzene rings is 2. The van der Waals surface area contributed by atoms with Crippen LogP contribution in [0.4, 0.5) is 5.69 Å². The van der Waals surface area contributed by atoms with Crippen LogP contribution in [0.5, 0.6) is 5.75 Å². The van der Waals surface area contributed by atoms with Crippen LogP contribution in [-0.2, 0) is 6.42 Å². The normalized spacial score (nSPS) is 21.6. The van der Waals surface area contributed by atoms with Gasteiger partial charge in [0, 0.05) is 31.8 Å². The largest absolute Gasteiger partial charge is 0.493 e. The predicted molar refractivity (Wildman–Crippen MR) is 105 cm³/mol. The van der Waals surface area contributed by atoms with Crippen LogP contribution >= 0.6 is 0 Å². The molecule has 1 amide bonds. The summed E-state index contributed by atoms with van der Waals surface area (Å²) in [6.07, 6.45) is 2.09. The first-order valence-electron chi connectivity index (χ1n) is 9.53. The van der Waals surface area contributed by atoms with Gasteiger partial charge in [-0.25, -0.2) is 0 Å². The molecule has 2 aliphatic rings. The lowest BCUT2D eigenvalue weighted by atomic mass is 9.74. The molecule has 1 unspecified atom stereocenters. The van der Waals surface area contributed by atoms with E-state index in [1.54, 1.807) is 0 Å². The monoisotopic (exact) mass is 366 g/mol. The summed E-state index contributed by atoms with van der Waals surface area (Å²) in [6, 6.07) is 13.7. The Morgan fingerprint density at radius 2 is 1.93 bits per heavy atom. The van der Waals surface area contributed by atoms with E-state index in [9.17, 15) is 9.90 Å². The third-order valence-corrected chi connectivity index (χ3v) is 5.63. The van der Waals surface area contributed by atoms with Gasteiger partial charge in [-0.15, -0.1) is 0 Å². The van der Waals surface area contributed by atoms with Crippen molar-refractivity contribution < 1.29 is 14.6 Å². The highest BCUT2D eigenvalue weighted by molar-refractivity contribution is 5.94. The van der Waals surface area contributed by atoms with Gasteiger partial charge in [0.05, 0.1) is 18.8 Å². The Morgan fingerprint density at radius 3 is 2.59 bits per heavy atom. The maximum Gasteiger partial charge on any atom is 0.251 e. The minimum Gasteiger partial charge on any atom is -0.493 e. The lowest BCUT2D eigenvalue weighted by Crippen LogP contribution is -2.41. The smallest absolute Gasteiger partial charge is 0.251 e. The lowest BCUT2D eigenvalue weighted by Gasteiger charge is -2.38. The fourth-order valence-electron chi connectivity index (χ4n) is 3.91. The average Bonchev–Trinajstić information content (AvgIpc) is 3.11. The van der Waals surface area contributed by atoms with Crippen LogP contribution in [0.2, 0.25) is 0 Å².